The third-order valence-electron chi connectivity index (χ3n) is 4.65. The fraction of sp³-hybridized carbons (Fsp3) is 0.929. The summed E-state index contributed by atoms with van der Waals surface area (Å²) in [4.78, 5) is 12.6. The molecule has 3 aliphatic heterocycles. The van der Waals surface area contributed by atoms with Crippen molar-refractivity contribution in [2.75, 3.05) is 24.7 Å². The van der Waals surface area contributed by atoms with E-state index < -0.39 is 0 Å². The van der Waals surface area contributed by atoms with Gasteiger partial charge in [-0.2, -0.15) is 11.8 Å². The highest BCUT2D eigenvalue weighted by molar-refractivity contribution is 7.99. The molecule has 4 atom stereocenters. The first kappa shape index (κ1) is 13.9. The highest BCUT2D eigenvalue weighted by atomic mass is 32.2. The Hall–Kier alpha value is -0.100. The molecule has 0 amide bonds. The Bertz CT molecular complexity index is 344. The van der Waals surface area contributed by atoms with E-state index in [9.17, 15) is 4.79 Å². The zero-order valence-corrected chi connectivity index (χ0v) is 12.1. The average molecular weight is 285 g/mol. The van der Waals surface area contributed by atoms with E-state index in [-0.39, 0.29) is 23.7 Å². The van der Waals surface area contributed by atoms with Gasteiger partial charge in [0.05, 0.1) is 11.7 Å². The van der Waals surface area contributed by atoms with Crippen LogP contribution < -0.4 is 5.73 Å². The molecule has 4 unspecified atom stereocenters. The van der Waals surface area contributed by atoms with Crippen molar-refractivity contribution in [2.45, 2.75) is 49.9 Å². The Kier molecular flexibility index (Phi) is 4.17. The van der Waals surface area contributed by atoms with Crippen molar-refractivity contribution in [3.8, 4) is 0 Å². The number of nitrogens with two attached hydrogens (primary N) is 1. The molecule has 0 saturated carbocycles. The van der Waals surface area contributed by atoms with Crippen LogP contribution in [0.2, 0.25) is 0 Å². The summed E-state index contributed by atoms with van der Waals surface area (Å²) in [6.07, 6.45) is 4.51. The molecular formula is C14H23NO3S. The maximum absolute atomic E-state index is 12.6. The van der Waals surface area contributed by atoms with Gasteiger partial charge in [0, 0.05) is 24.8 Å². The molecule has 3 aliphatic rings. The van der Waals surface area contributed by atoms with E-state index in [0.29, 0.717) is 12.3 Å². The average Bonchev–Trinajstić information content (AvgIpc) is 3.07. The van der Waals surface area contributed by atoms with Gasteiger partial charge in [-0.05, 0) is 37.9 Å². The molecule has 3 rings (SSSR count). The van der Waals surface area contributed by atoms with Crippen molar-refractivity contribution in [2.24, 2.45) is 11.7 Å². The number of carbonyl (C=O) groups is 1. The van der Waals surface area contributed by atoms with Gasteiger partial charge in [-0.3, -0.25) is 4.79 Å². The number of ether oxygens (including phenoxy) is 2. The minimum Gasteiger partial charge on any atom is -0.374 e. The van der Waals surface area contributed by atoms with Crippen LogP contribution in [0.25, 0.3) is 0 Å². The van der Waals surface area contributed by atoms with Gasteiger partial charge in [0.1, 0.15) is 6.10 Å². The Labute approximate surface area is 118 Å². The molecule has 0 aliphatic carbocycles. The molecule has 0 bridgehead atoms. The summed E-state index contributed by atoms with van der Waals surface area (Å²) in [6, 6.07) is 0. The summed E-state index contributed by atoms with van der Waals surface area (Å²) in [6.45, 7) is 1.25. The van der Waals surface area contributed by atoms with Gasteiger partial charge in [-0.25, -0.2) is 0 Å². The van der Waals surface area contributed by atoms with Crippen molar-refractivity contribution in [1.29, 1.82) is 0 Å². The van der Waals surface area contributed by atoms with Gasteiger partial charge in [0.2, 0.25) is 0 Å². The first-order valence-electron chi connectivity index (χ1n) is 7.33. The quantitative estimate of drug-likeness (QED) is 0.848. The molecule has 0 aromatic carbocycles. The lowest BCUT2D eigenvalue weighted by Gasteiger charge is -2.37. The molecule has 3 fully saturated rings. The van der Waals surface area contributed by atoms with Crippen molar-refractivity contribution in [1.82, 2.24) is 0 Å². The van der Waals surface area contributed by atoms with E-state index in [1.807, 2.05) is 11.8 Å². The second-order valence-electron chi connectivity index (χ2n) is 5.99. The van der Waals surface area contributed by atoms with Crippen molar-refractivity contribution in [3.05, 3.63) is 0 Å². The van der Waals surface area contributed by atoms with Crippen LogP contribution in [0.5, 0.6) is 0 Å². The summed E-state index contributed by atoms with van der Waals surface area (Å²) in [5.74, 6) is 2.65. The Morgan fingerprint density at radius 1 is 1.37 bits per heavy atom. The SMILES string of the molecule is NCC1CCC(C(=O)C2CCOC3(CCSC3)C2)O1. The molecule has 3 heterocycles. The van der Waals surface area contributed by atoms with Crippen molar-refractivity contribution >= 4 is 17.5 Å². The van der Waals surface area contributed by atoms with Gasteiger partial charge in [-0.15, -0.1) is 0 Å². The van der Waals surface area contributed by atoms with E-state index in [1.165, 1.54) is 0 Å². The minimum absolute atomic E-state index is 0.0187. The van der Waals surface area contributed by atoms with Crippen LogP contribution in [0.15, 0.2) is 0 Å². The van der Waals surface area contributed by atoms with Gasteiger partial charge in [0.15, 0.2) is 5.78 Å². The third-order valence-corrected chi connectivity index (χ3v) is 5.87. The number of hydrogen-bond acceptors (Lipinski definition) is 5. The molecule has 1 spiro atoms. The summed E-state index contributed by atoms with van der Waals surface area (Å²) >= 11 is 1.95. The van der Waals surface area contributed by atoms with Gasteiger partial charge < -0.3 is 15.2 Å². The van der Waals surface area contributed by atoms with Crippen LogP contribution in [0.4, 0.5) is 0 Å². The predicted octanol–water partition coefficient (Wildman–Crippen LogP) is 1.36. The van der Waals surface area contributed by atoms with E-state index in [4.69, 9.17) is 15.2 Å². The van der Waals surface area contributed by atoms with E-state index in [1.54, 1.807) is 0 Å². The zero-order valence-electron chi connectivity index (χ0n) is 11.3. The predicted molar refractivity (Wildman–Crippen MR) is 75.3 cm³/mol. The molecule has 5 heteroatoms. The number of Topliss-reactive ketones (excluding diaryl/α,β-unsaturated/α-hetero) is 1. The van der Waals surface area contributed by atoms with Crippen LogP contribution in [-0.2, 0) is 14.3 Å². The molecule has 3 saturated heterocycles. The summed E-state index contributed by atoms with van der Waals surface area (Å²) in [7, 11) is 0. The zero-order chi connectivity index (χ0) is 13.3. The second kappa shape index (κ2) is 5.72. The lowest BCUT2D eigenvalue weighted by molar-refractivity contribution is -0.144. The summed E-state index contributed by atoms with van der Waals surface area (Å²) in [5, 5.41) is 0. The number of ketones is 1. The lowest BCUT2D eigenvalue weighted by atomic mass is 9.81. The number of thioether (sulfide) groups is 1. The summed E-state index contributed by atoms with van der Waals surface area (Å²) in [5.41, 5.74) is 5.59. The fourth-order valence-corrected chi connectivity index (χ4v) is 4.86. The largest absolute Gasteiger partial charge is 0.374 e. The molecule has 108 valence electrons. The van der Waals surface area contributed by atoms with E-state index in [2.05, 4.69) is 0 Å². The second-order valence-corrected chi connectivity index (χ2v) is 7.09. The highest BCUT2D eigenvalue weighted by Crippen LogP contribution is 2.41. The van der Waals surface area contributed by atoms with Gasteiger partial charge in [0.25, 0.3) is 0 Å². The molecular weight excluding hydrogens is 262 g/mol. The van der Waals surface area contributed by atoms with E-state index >= 15 is 0 Å². The maximum Gasteiger partial charge on any atom is 0.164 e. The Morgan fingerprint density at radius 2 is 2.26 bits per heavy atom. The van der Waals surface area contributed by atoms with Crippen LogP contribution in [0.3, 0.4) is 0 Å². The smallest absolute Gasteiger partial charge is 0.164 e. The van der Waals surface area contributed by atoms with Crippen LogP contribution >= 0.6 is 11.8 Å². The number of hydrogen-bond donors (Lipinski definition) is 1. The summed E-state index contributed by atoms with van der Waals surface area (Å²) < 4.78 is 11.7. The monoisotopic (exact) mass is 285 g/mol. The standard InChI is InChI=1S/C14H23NO3S/c15-8-11-1-2-12(18-11)13(16)10-3-5-17-14(7-10)4-6-19-9-14/h10-12H,1-9,15H2. The number of carbonyl (C=O) groups excluding carboxylic acids is 1. The van der Waals surface area contributed by atoms with E-state index in [0.717, 1.165) is 50.2 Å². The van der Waals surface area contributed by atoms with Crippen LogP contribution in [-0.4, -0.2) is 48.2 Å². The molecule has 2 N–H and O–H groups in total. The molecule has 0 aromatic heterocycles. The van der Waals surface area contributed by atoms with Gasteiger partial charge in [-0.1, -0.05) is 0 Å². The minimum atomic E-state index is -0.206. The van der Waals surface area contributed by atoms with Gasteiger partial charge >= 0.3 is 0 Å². The first-order chi connectivity index (χ1) is 9.22. The normalized spacial score (nSPS) is 42.9. The Balaban J connectivity index is 1.60. The molecule has 4 nitrogen and oxygen atoms in total. The third kappa shape index (κ3) is 2.84. The van der Waals surface area contributed by atoms with Crippen molar-refractivity contribution in [3.63, 3.8) is 0 Å². The molecule has 0 aromatic rings. The maximum atomic E-state index is 12.6. The van der Waals surface area contributed by atoms with Crippen LogP contribution in [0, 0.1) is 5.92 Å². The fourth-order valence-electron chi connectivity index (χ4n) is 3.49. The number of rotatable bonds is 3. The van der Waals surface area contributed by atoms with Crippen molar-refractivity contribution < 1.29 is 14.3 Å². The van der Waals surface area contributed by atoms with Crippen LogP contribution in [0.1, 0.15) is 32.1 Å². The lowest BCUT2D eigenvalue weighted by Crippen LogP contribution is -2.44. The highest BCUT2D eigenvalue weighted by Gasteiger charge is 2.44. The first-order valence-corrected chi connectivity index (χ1v) is 8.49. The molecule has 0 radical (unpaired) electrons. The Morgan fingerprint density at radius 3 is 2.95 bits per heavy atom. The topological polar surface area (TPSA) is 61.6 Å². The molecule has 19 heavy (non-hydrogen) atoms.